The first kappa shape index (κ1) is 20.2. The van der Waals surface area contributed by atoms with Crippen LogP contribution in [0.15, 0.2) is 60.0 Å². The minimum atomic E-state index is -0.880. The van der Waals surface area contributed by atoms with Gasteiger partial charge < -0.3 is 10.5 Å². The van der Waals surface area contributed by atoms with Crippen LogP contribution >= 0.6 is 11.6 Å². The molecular weight excluding hydrogens is 422 g/mol. The van der Waals surface area contributed by atoms with Gasteiger partial charge in [0.25, 0.3) is 11.5 Å². The zero-order chi connectivity index (χ0) is 22.0. The van der Waals surface area contributed by atoms with Crippen molar-refractivity contribution in [3.8, 4) is 28.6 Å². The number of nitrogens with two attached hydrogens (primary N) is 1. The normalized spacial score (nSPS) is 10.8. The van der Waals surface area contributed by atoms with Crippen molar-refractivity contribution >= 4 is 17.5 Å². The number of hydrogen-bond donors (Lipinski definition) is 1. The second-order valence-corrected chi connectivity index (χ2v) is 6.73. The molecule has 0 bridgehead atoms. The number of halogens is 1. The first-order valence-electron chi connectivity index (χ1n) is 9.02. The van der Waals surface area contributed by atoms with Crippen molar-refractivity contribution in [2.75, 3.05) is 0 Å². The lowest BCUT2D eigenvalue weighted by Gasteiger charge is -2.11. The number of ether oxygens (including phenoxy) is 1. The van der Waals surface area contributed by atoms with Crippen molar-refractivity contribution in [1.82, 2.24) is 29.3 Å². The van der Waals surface area contributed by atoms with Crippen molar-refractivity contribution in [2.24, 2.45) is 12.8 Å². The number of aromatic nitrogens is 6. The van der Waals surface area contributed by atoms with E-state index in [9.17, 15) is 9.59 Å². The molecule has 0 aromatic carbocycles. The zero-order valence-corrected chi connectivity index (χ0v) is 17.0. The van der Waals surface area contributed by atoms with E-state index in [4.69, 9.17) is 22.1 Å². The third-order valence-corrected chi connectivity index (χ3v) is 4.58. The maximum Gasteiger partial charge on any atom is 0.272 e. The van der Waals surface area contributed by atoms with E-state index in [1.807, 2.05) is 13.2 Å². The largest absolute Gasteiger partial charge is 0.456 e. The lowest BCUT2D eigenvalue weighted by atomic mass is 10.2. The predicted molar refractivity (Wildman–Crippen MR) is 112 cm³/mol. The summed E-state index contributed by atoms with van der Waals surface area (Å²) < 4.78 is 8.68. The summed E-state index contributed by atoms with van der Waals surface area (Å²) in [5.41, 5.74) is 5.91. The maximum atomic E-state index is 12.6. The summed E-state index contributed by atoms with van der Waals surface area (Å²) in [5, 5.41) is 4.14. The standard InChI is InChI=1S/C20H16ClN7O3/c1-27-11-12(8-26-27)16-6-13(4-5-23-16)31-14-2-3-17(24-9-14)28-18(7-21)25-10-15(19(22)29)20(28)30/h2-6,8-11H,7H2,1H3,(H2,22,29). The highest BCUT2D eigenvalue weighted by molar-refractivity contribution is 6.16. The number of carbonyl (C=O) groups is 1. The highest BCUT2D eigenvalue weighted by atomic mass is 35.5. The van der Waals surface area contributed by atoms with Gasteiger partial charge in [-0.1, -0.05) is 0 Å². The lowest BCUT2D eigenvalue weighted by molar-refractivity contribution is 0.0998. The van der Waals surface area contributed by atoms with Crippen molar-refractivity contribution in [2.45, 2.75) is 5.88 Å². The van der Waals surface area contributed by atoms with Gasteiger partial charge >= 0.3 is 0 Å². The van der Waals surface area contributed by atoms with Gasteiger partial charge in [0.2, 0.25) is 0 Å². The van der Waals surface area contributed by atoms with E-state index in [0.29, 0.717) is 17.2 Å². The van der Waals surface area contributed by atoms with Gasteiger partial charge in [-0.05, 0) is 18.2 Å². The molecule has 0 fully saturated rings. The van der Waals surface area contributed by atoms with Crippen molar-refractivity contribution < 1.29 is 9.53 Å². The SMILES string of the molecule is Cn1cc(-c2cc(Oc3ccc(-n4c(CCl)ncc(C(N)=O)c4=O)nc3)ccn2)cn1. The van der Waals surface area contributed by atoms with E-state index in [0.717, 1.165) is 16.3 Å². The molecule has 4 heterocycles. The van der Waals surface area contributed by atoms with Gasteiger partial charge in [-0.3, -0.25) is 19.3 Å². The molecule has 0 radical (unpaired) electrons. The number of amides is 1. The van der Waals surface area contributed by atoms with Gasteiger partial charge in [-0.15, -0.1) is 11.6 Å². The quantitative estimate of drug-likeness (QED) is 0.456. The molecule has 0 saturated heterocycles. The Hall–Kier alpha value is -4.05. The molecule has 4 aromatic rings. The van der Waals surface area contributed by atoms with Gasteiger partial charge in [0.1, 0.15) is 28.7 Å². The highest BCUT2D eigenvalue weighted by Crippen LogP contribution is 2.25. The number of primary amides is 1. The summed E-state index contributed by atoms with van der Waals surface area (Å²) in [4.78, 5) is 36.7. The summed E-state index contributed by atoms with van der Waals surface area (Å²) >= 11 is 5.89. The topological polar surface area (TPSA) is 131 Å². The highest BCUT2D eigenvalue weighted by Gasteiger charge is 2.16. The first-order chi connectivity index (χ1) is 15.0. The number of hydrogen-bond acceptors (Lipinski definition) is 7. The number of rotatable bonds is 6. The second kappa shape index (κ2) is 8.36. The molecule has 11 heteroatoms. The molecule has 4 aromatic heterocycles. The maximum absolute atomic E-state index is 12.6. The van der Waals surface area contributed by atoms with Crippen LogP contribution in [-0.4, -0.2) is 35.2 Å². The van der Waals surface area contributed by atoms with Crippen molar-refractivity contribution in [3.63, 3.8) is 0 Å². The molecular formula is C20H16ClN7O3. The smallest absolute Gasteiger partial charge is 0.272 e. The van der Waals surface area contributed by atoms with Gasteiger partial charge in [0, 0.05) is 37.3 Å². The molecule has 0 saturated carbocycles. The Morgan fingerprint density at radius 3 is 2.61 bits per heavy atom. The van der Waals surface area contributed by atoms with Crippen LogP contribution in [0.2, 0.25) is 0 Å². The number of alkyl halides is 1. The molecule has 0 spiro atoms. The molecule has 1 amide bonds. The molecule has 10 nitrogen and oxygen atoms in total. The molecule has 0 aliphatic heterocycles. The average Bonchev–Trinajstić information content (AvgIpc) is 3.20. The van der Waals surface area contributed by atoms with Crippen molar-refractivity contribution in [1.29, 1.82) is 0 Å². The second-order valence-electron chi connectivity index (χ2n) is 6.46. The van der Waals surface area contributed by atoms with Crippen LogP contribution in [0.1, 0.15) is 16.2 Å². The summed E-state index contributed by atoms with van der Waals surface area (Å²) in [6.45, 7) is 0. The van der Waals surface area contributed by atoms with E-state index in [-0.39, 0.29) is 23.1 Å². The van der Waals surface area contributed by atoms with E-state index in [2.05, 4.69) is 20.1 Å². The van der Waals surface area contributed by atoms with Crippen LogP contribution in [-0.2, 0) is 12.9 Å². The van der Waals surface area contributed by atoms with Crippen LogP contribution in [0.4, 0.5) is 0 Å². The summed E-state index contributed by atoms with van der Waals surface area (Å²) in [7, 11) is 1.83. The molecule has 0 unspecified atom stereocenters. The van der Waals surface area contributed by atoms with E-state index in [1.54, 1.807) is 41.3 Å². The molecule has 156 valence electrons. The fourth-order valence-corrected chi connectivity index (χ4v) is 3.06. The third kappa shape index (κ3) is 4.14. The Balaban J connectivity index is 1.62. The molecule has 0 atom stereocenters. The Morgan fingerprint density at radius 2 is 1.97 bits per heavy atom. The molecule has 0 aliphatic rings. The van der Waals surface area contributed by atoms with E-state index >= 15 is 0 Å². The summed E-state index contributed by atoms with van der Waals surface area (Å²) in [5.74, 6) is 0.519. The Bertz CT molecular complexity index is 1320. The van der Waals surface area contributed by atoms with Gasteiger partial charge in [-0.2, -0.15) is 5.10 Å². The lowest BCUT2D eigenvalue weighted by Crippen LogP contribution is -2.31. The summed E-state index contributed by atoms with van der Waals surface area (Å²) in [6, 6.07) is 6.68. The van der Waals surface area contributed by atoms with E-state index < -0.39 is 11.5 Å². The first-order valence-corrected chi connectivity index (χ1v) is 9.56. The van der Waals surface area contributed by atoms with Gasteiger partial charge in [0.15, 0.2) is 0 Å². The van der Waals surface area contributed by atoms with Gasteiger partial charge in [0.05, 0.1) is 24.0 Å². The van der Waals surface area contributed by atoms with Crippen LogP contribution in [0.25, 0.3) is 17.1 Å². The van der Waals surface area contributed by atoms with Crippen LogP contribution in [0, 0.1) is 0 Å². The zero-order valence-electron chi connectivity index (χ0n) is 16.3. The third-order valence-electron chi connectivity index (χ3n) is 4.34. The monoisotopic (exact) mass is 437 g/mol. The Morgan fingerprint density at radius 1 is 1.13 bits per heavy atom. The Kier molecular flexibility index (Phi) is 5.46. The molecule has 31 heavy (non-hydrogen) atoms. The number of carbonyl (C=O) groups excluding carboxylic acids is 1. The minimum absolute atomic E-state index is 0.0532. The van der Waals surface area contributed by atoms with Crippen LogP contribution in [0.5, 0.6) is 11.5 Å². The number of pyridine rings is 2. The van der Waals surface area contributed by atoms with E-state index in [1.165, 1.54) is 6.20 Å². The van der Waals surface area contributed by atoms with Gasteiger partial charge in [-0.25, -0.2) is 14.5 Å². The fourth-order valence-electron chi connectivity index (χ4n) is 2.88. The Labute approximate surface area is 180 Å². The number of aryl methyl sites for hydroxylation is 1. The molecule has 2 N–H and O–H groups in total. The predicted octanol–water partition coefficient (Wildman–Crippen LogP) is 2.05. The molecule has 0 aliphatic carbocycles. The average molecular weight is 438 g/mol. The van der Waals surface area contributed by atoms with Crippen LogP contribution in [0.3, 0.4) is 0 Å². The molecule has 4 rings (SSSR count). The minimum Gasteiger partial charge on any atom is -0.456 e. The summed E-state index contributed by atoms with van der Waals surface area (Å²) in [6.07, 6.45) is 7.75. The van der Waals surface area contributed by atoms with Crippen molar-refractivity contribution in [3.05, 3.63) is 77.0 Å². The number of nitrogens with zero attached hydrogens (tertiary/aromatic N) is 6. The van der Waals surface area contributed by atoms with Crippen LogP contribution < -0.4 is 16.0 Å². The fraction of sp³-hybridized carbons (Fsp3) is 0.100.